The first-order chi connectivity index (χ1) is 7.59. The van der Waals surface area contributed by atoms with Crippen LogP contribution in [-0.2, 0) is 0 Å². The molecule has 5 heteroatoms. The summed E-state index contributed by atoms with van der Waals surface area (Å²) in [6.45, 7) is 0. The highest BCUT2D eigenvalue weighted by Crippen LogP contribution is 2.34. The van der Waals surface area contributed by atoms with Crippen molar-refractivity contribution in [2.45, 2.75) is 0 Å². The highest BCUT2D eigenvalue weighted by molar-refractivity contribution is 5.85. The average Bonchev–Trinajstić information content (AvgIpc) is 2.71. The summed E-state index contributed by atoms with van der Waals surface area (Å²) < 4.78 is 5.11. The molecule has 0 aliphatic rings. The van der Waals surface area contributed by atoms with Gasteiger partial charge in [0.25, 0.3) is 5.76 Å². The Bertz CT molecular complexity index is 545. The summed E-state index contributed by atoms with van der Waals surface area (Å²) in [4.78, 5) is 10.7. The molecule has 0 saturated carbocycles. The first kappa shape index (κ1) is 10.1. The van der Waals surface area contributed by atoms with Crippen LogP contribution in [0.25, 0.3) is 11.3 Å². The zero-order valence-electron chi connectivity index (χ0n) is 8.23. The number of hydrogen-bond acceptors (Lipinski definition) is 4. The Morgan fingerprint density at radius 3 is 2.69 bits per heavy atom. The lowest BCUT2D eigenvalue weighted by atomic mass is 10.1. The number of furan rings is 1. The number of para-hydroxylation sites is 1. The maximum absolute atomic E-state index is 10.7. The van der Waals surface area contributed by atoms with E-state index in [1.165, 1.54) is 12.1 Å². The number of phenols is 1. The highest BCUT2D eigenvalue weighted by Gasteiger charge is 2.18. The number of carbonyl (C=O) groups excluding carboxylic acids is 1. The third-order valence-corrected chi connectivity index (χ3v) is 2.16. The van der Waals surface area contributed by atoms with E-state index in [2.05, 4.69) is 0 Å². The molecule has 2 rings (SSSR count). The lowest BCUT2D eigenvalue weighted by Crippen LogP contribution is -1.91. The maximum atomic E-state index is 10.7. The minimum Gasteiger partial charge on any atom is -0.559 e. The lowest BCUT2D eigenvalue weighted by molar-refractivity contribution is 0.0663. The smallest absolute Gasteiger partial charge is 0.559 e. The van der Waals surface area contributed by atoms with E-state index in [1.807, 2.05) is 0 Å². The van der Waals surface area contributed by atoms with Crippen molar-refractivity contribution in [1.82, 2.24) is 0 Å². The largest absolute Gasteiger partial charge is 0.584 e. The van der Waals surface area contributed by atoms with E-state index in [0.29, 0.717) is 11.3 Å². The van der Waals surface area contributed by atoms with Crippen LogP contribution in [0.4, 0.5) is 5.69 Å². The van der Waals surface area contributed by atoms with Gasteiger partial charge in [-0.25, -0.2) is 0 Å². The standard InChI is InChI=1S/C11H9NO4/c12-7-3-1-2-6(10(7)13)8-4-5-9(16-8)11(14)15/h1-5,13H,12H2,(H,14,15)/p+1. The van der Waals surface area contributed by atoms with Crippen molar-refractivity contribution >= 4 is 11.7 Å². The molecule has 0 unspecified atom stereocenters. The van der Waals surface area contributed by atoms with Gasteiger partial charge in [-0.05, 0) is 24.3 Å². The third-order valence-electron chi connectivity index (χ3n) is 2.16. The Labute approximate surface area is 90.7 Å². The molecule has 0 aliphatic carbocycles. The van der Waals surface area contributed by atoms with Crippen LogP contribution in [0.2, 0.25) is 0 Å². The molecule has 0 fully saturated rings. The second kappa shape index (κ2) is 3.62. The molecule has 2 aromatic rings. The van der Waals surface area contributed by atoms with Crippen LogP contribution in [0, 0.1) is 0 Å². The number of benzene rings is 1. The molecule has 1 aromatic carbocycles. The summed E-state index contributed by atoms with van der Waals surface area (Å²) in [5, 5.41) is 16.6. The van der Waals surface area contributed by atoms with Crippen LogP contribution in [0.3, 0.4) is 0 Å². The van der Waals surface area contributed by atoms with Gasteiger partial charge in [-0.1, -0.05) is 6.07 Å². The summed E-state index contributed by atoms with van der Waals surface area (Å²) in [5.41, 5.74) is 6.15. The molecule has 0 amide bonds. The highest BCUT2D eigenvalue weighted by atomic mass is 16.4. The Morgan fingerprint density at radius 1 is 1.31 bits per heavy atom. The average molecular weight is 220 g/mol. The summed E-state index contributed by atoms with van der Waals surface area (Å²) in [7, 11) is 0. The van der Waals surface area contributed by atoms with E-state index in [-0.39, 0.29) is 17.2 Å². The number of carbonyl (C=O) groups is 1. The molecular formula is C11H10NO4+. The van der Waals surface area contributed by atoms with Gasteiger partial charge in [-0.15, -0.1) is 0 Å². The quantitative estimate of drug-likeness (QED) is 0.449. The topological polar surface area (TPSA) is 99.4 Å². The SMILES string of the molecule is Nc1cccc(-c2ccc(C(=O)[OH2+])o2)c1O. The number of anilines is 1. The van der Waals surface area contributed by atoms with E-state index in [9.17, 15) is 9.90 Å². The Morgan fingerprint density at radius 2 is 2.06 bits per heavy atom. The van der Waals surface area contributed by atoms with Crippen LogP contribution in [0.1, 0.15) is 10.6 Å². The van der Waals surface area contributed by atoms with Crippen molar-refractivity contribution in [2.24, 2.45) is 0 Å². The van der Waals surface area contributed by atoms with Gasteiger partial charge < -0.3 is 20.4 Å². The van der Waals surface area contributed by atoms with Crippen molar-refractivity contribution in [3.05, 3.63) is 36.1 Å². The lowest BCUT2D eigenvalue weighted by Gasteiger charge is -2.03. The molecule has 0 bridgehead atoms. The molecule has 0 spiro atoms. The van der Waals surface area contributed by atoms with Gasteiger partial charge in [0.1, 0.15) is 11.5 Å². The zero-order valence-corrected chi connectivity index (χ0v) is 8.23. The summed E-state index contributed by atoms with van der Waals surface area (Å²) in [6, 6.07) is 7.72. The molecule has 5 nitrogen and oxygen atoms in total. The maximum Gasteiger partial charge on any atom is 0.584 e. The van der Waals surface area contributed by atoms with Crippen molar-refractivity contribution in [3.8, 4) is 17.1 Å². The Hall–Kier alpha value is -2.43. The fourth-order valence-corrected chi connectivity index (χ4v) is 1.36. The predicted octanol–water partition coefficient (Wildman–Crippen LogP) is 1.10. The molecule has 16 heavy (non-hydrogen) atoms. The van der Waals surface area contributed by atoms with Crippen molar-refractivity contribution < 1.29 is 19.4 Å². The summed E-state index contributed by atoms with van der Waals surface area (Å²) in [5.74, 6) is -0.771. The molecule has 5 N–H and O–H groups in total. The number of aromatic hydroxyl groups is 1. The van der Waals surface area contributed by atoms with Crippen molar-refractivity contribution in [3.63, 3.8) is 0 Å². The molecule has 0 aliphatic heterocycles. The third kappa shape index (κ3) is 1.58. The van der Waals surface area contributed by atoms with Crippen molar-refractivity contribution in [1.29, 1.82) is 0 Å². The van der Waals surface area contributed by atoms with Gasteiger partial charge in [0.15, 0.2) is 0 Å². The summed E-state index contributed by atoms with van der Waals surface area (Å²) >= 11 is 0. The zero-order chi connectivity index (χ0) is 11.7. The molecule has 0 radical (unpaired) electrons. The Balaban J connectivity index is 2.50. The number of phenolic OH excluding ortho intramolecular Hbond substituents is 1. The van der Waals surface area contributed by atoms with Gasteiger partial charge in [0, 0.05) is 0 Å². The van der Waals surface area contributed by atoms with Gasteiger partial charge in [-0.2, -0.15) is 0 Å². The van der Waals surface area contributed by atoms with Crippen LogP contribution >= 0.6 is 0 Å². The van der Waals surface area contributed by atoms with E-state index >= 15 is 0 Å². The minimum atomic E-state index is -0.908. The van der Waals surface area contributed by atoms with E-state index in [1.54, 1.807) is 18.2 Å². The minimum absolute atomic E-state index is 0.0724. The van der Waals surface area contributed by atoms with E-state index in [4.69, 9.17) is 15.3 Å². The molecule has 82 valence electrons. The van der Waals surface area contributed by atoms with Gasteiger partial charge in [0.05, 0.1) is 16.0 Å². The number of rotatable bonds is 2. The van der Waals surface area contributed by atoms with Gasteiger partial charge in [-0.3, -0.25) is 0 Å². The van der Waals surface area contributed by atoms with E-state index < -0.39 is 5.97 Å². The van der Waals surface area contributed by atoms with Crippen LogP contribution in [0.5, 0.6) is 5.75 Å². The van der Waals surface area contributed by atoms with Gasteiger partial charge in [0.2, 0.25) is 0 Å². The number of hydrogen-bond donors (Lipinski definition) is 2. The number of nitrogen functional groups attached to an aromatic ring is 1. The second-order valence-corrected chi connectivity index (χ2v) is 3.24. The summed E-state index contributed by atoms with van der Waals surface area (Å²) in [6.07, 6.45) is 0. The van der Waals surface area contributed by atoms with Crippen molar-refractivity contribution in [2.75, 3.05) is 5.73 Å². The first-order valence-corrected chi connectivity index (χ1v) is 4.53. The molecular weight excluding hydrogens is 210 g/mol. The van der Waals surface area contributed by atoms with E-state index in [0.717, 1.165) is 0 Å². The Kier molecular flexibility index (Phi) is 2.28. The fraction of sp³-hybridized carbons (Fsp3) is 0. The van der Waals surface area contributed by atoms with Crippen LogP contribution in [-0.4, -0.2) is 16.2 Å². The predicted molar refractivity (Wildman–Crippen MR) is 58.2 cm³/mol. The molecule has 1 heterocycles. The fourth-order valence-electron chi connectivity index (χ4n) is 1.36. The molecule has 0 atom stereocenters. The monoisotopic (exact) mass is 220 g/mol. The molecule has 0 saturated heterocycles. The second-order valence-electron chi connectivity index (χ2n) is 3.24. The number of nitrogens with two attached hydrogens (primary N) is 1. The van der Waals surface area contributed by atoms with Crippen LogP contribution in [0.15, 0.2) is 34.7 Å². The first-order valence-electron chi connectivity index (χ1n) is 4.53. The molecule has 1 aromatic heterocycles. The normalized spacial score (nSPS) is 10.2. The van der Waals surface area contributed by atoms with Crippen LogP contribution < -0.4 is 5.73 Å². The van der Waals surface area contributed by atoms with Gasteiger partial charge >= 0.3 is 5.97 Å².